The van der Waals surface area contributed by atoms with E-state index in [1.54, 1.807) is 13.1 Å². The topological polar surface area (TPSA) is 45.4 Å². The summed E-state index contributed by atoms with van der Waals surface area (Å²) in [5, 5.41) is 18.8. The Balaban J connectivity index is 2.67. The number of unbranched alkanes of at least 4 members (excludes halogenated alkanes) is 2. The maximum absolute atomic E-state index is 9.53. The third kappa shape index (κ3) is 2.31. The molecule has 0 unspecified atom stereocenters. The maximum Gasteiger partial charge on any atom is 0.201 e. The van der Waals surface area contributed by atoms with Crippen molar-refractivity contribution in [1.29, 1.82) is 0 Å². The van der Waals surface area contributed by atoms with Crippen LogP contribution in [0.4, 0.5) is 0 Å². The first-order chi connectivity index (χ1) is 6.66. The molecule has 3 nitrogen and oxygen atoms in total. The largest absolute Gasteiger partial charge is 0.494 e. The molecule has 14 heavy (non-hydrogen) atoms. The first kappa shape index (κ1) is 10.7. The van der Waals surface area contributed by atoms with Gasteiger partial charge in [-0.25, -0.2) is 0 Å². The molecule has 0 amide bonds. The van der Waals surface area contributed by atoms with Gasteiger partial charge in [0.2, 0.25) is 5.88 Å². The van der Waals surface area contributed by atoms with Crippen LogP contribution in [0.3, 0.4) is 0 Å². The van der Waals surface area contributed by atoms with Gasteiger partial charge in [0.1, 0.15) is 0 Å². The molecule has 2 N–H and O–H groups in total. The van der Waals surface area contributed by atoms with Crippen LogP contribution in [0.2, 0.25) is 0 Å². The summed E-state index contributed by atoms with van der Waals surface area (Å²) in [5.74, 6) is 0.188. The first-order valence-corrected chi connectivity index (χ1v) is 4.91. The fourth-order valence-electron chi connectivity index (χ4n) is 1.26. The molecule has 1 aromatic heterocycles. The van der Waals surface area contributed by atoms with Crippen molar-refractivity contribution in [3.8, 4) is 11.8 Å². The summed E-state index contributed by atoms with van der Waals surface area (Å²) in [6, 6.07) is 1.55. The Morgan fingerprint density at radius 3 is 2.64 bits per heavy atom. The maximum atomic E-state index is 9.53. The quantitative estimate of drug-likeness (QED) is 0.725. The molecule has 1 rings (SSSR count). The Morgan fingerprint density at radius 2 is 2.14 bits per heavy atom. The minimum atomic E-state index is 0.0811. The van der Waals surface area contributed by atoms with Gasteiger partial charge in [0, 0.05) is 18.7 Å². The molecular formula is C11H17NO2. The van der Waals surface area contributed by atoms with Crippen LogP contribution in [0, 0.1) is 0 Å². The van der Waals surface area contributed by atoms with Crippen LogP contribution in [0.25, 0.3) is 6.08 Å². The third-order valence-electron chi connectivity index (χ3n) is 2.23. The zero-order valence-electron chi connectivity index (χ0n) is 8.70. The van der Waals surface area contributed by atoms with Gasteiger partial charge >= 0.3 is 0 Å². The van der Waals surface area contributed by atoms with Crippen molar-refractivity contribution in [2.75, 3.05) is 0 Å². The molecule has 0 aliphatic heterocycles. The van der Waals surface area contributed by atoms with Crippen molar-refractivity contribution in [1.82, 2.24) is 4.57 Å². The van der Waals surface area contributed by atoms with Crippen molar-refractivity contribution in [3.05, 3.63) is 17.7 Å². The predicted octanol–water partition coefficient (Wildman–Crippen LogP) is 2.64. The molecule has 1 aromatic rings. The van der Waals surface area contributed by atoms with Crippen LogP contribution in [0.1, 0.15) is 31.7 Å². The van der Waals surface area contributed by atoms with E-state index >= 15 is 0 Å². The number of nitrogens with zero attached hydrogens (tertiary/aromatic N) is 1. The van der Waals surface area contributed by atoms with Gasteiger partial charge < -0.3 is 10.2 Å². The van der Waals surface area contributed by atoms with Crippen molar-refractivity contribution >= 4 is 6.08 Å². The Bertz CT molecular complexity index is 326. The monoisotopic (exact) mass is 195 g/mol. The highest BCUT2D eigenvalue weighted by Crippen LogP contribution is 2.26. The van der Waals surface area contributed by atoms with E-state index in [0.29, 0.717) is 5.56 Å². The summed E-state index contributed by atoms with van der Waals surface area (Å²) in [6.45, 7) is 2.14. The molecular weight excluding hydrogens is 178 g/mol. The molecule has 0 atom stereocenters. The summed E-state index contributed by atoms with van der Waals surface area (Å²) in [4.78, 5) is 0. The number of aromatic hydroxyl groups is 2. The van der Waals surface area contributed by atoms with Gasteiger partial charge in [-0.3, -0.25) is 4.57 Å². The smallest absolute Gasteiger partial charge is 0.201 e. The average Bonchev–Trinajstić information content (AvgIpc) is 2.41. The van der Waals surface area contributed by atoms with Gasteiger partial charge in [0.15, 0.2) is 5.88 Å². The van der Waals surface area contributed by atoms with E-state index in [1.807, 2.05) is 12.2 Å². The molecule has 0 fully saturated rings. The molecule has 1 heterocycles. The van der Waals surface area contributed by atoms with E-state index in [1.165, 1.54) is 4.57 Å². The number of rotatable bonds is 4. The predicted molar refractivity (Wildman–Crippen MR) is 57.3 cm³/mol. The normalized spacial score (nSPS) is 11.3. The lowest BCUT2D eigenvalue weighted by molar-refractivity contribution is 0.386. The molecule has 0 saturated carbocycles. The molecule has 0 aromatic carbocycles. The molecule has 0 spiro atoms. The van der Waals surface area contributed by atoms with Gasteiger partial charge in [-0.2, -0.15) is 0 Å². The highest BCUT2D eigenvalue weighted by atomic mass is 16.3. The summed E-state index contributed by atoms with van der Waals surface area (Å²) in [7, 11) is 1.62. The highest BCUT2D eigenvalue weighted by Gasteiger charge is 2.06. The fraction of sp³-hybridized carbons (Fsp3) is 0.455. The zero-order valence-corrected chi connectivity index (χ0v) is 8.70. The van der Waals surface area contributed by atoms with Crippen LogP contribution < -0.4 is 0 Å². The van der Waals surface area contributed by atoms with E-state index in [9.17, 15) is 10.2 Å². The molecule has 0 bridgehead atoms. The summed E-state index contributed by atoms with van der Waals surface area (Å²) >= 11 is 0. The van der Waals surface area contributed by atoms with E-state index in [2.05, 4.69) is 6.92 Å². The number of hydrogen-bond donors (Lipinski definition) is 2. The fourth-order valence-corrected chi connectivity index (χ4v) is 1.26. The highest BCUT2D eigenvalue weighted by molar-refractivity contribution is 5.57. The second-order valence-electron chi connectivity index (χ2n) is 3.39. The van der Waals surface area contributed by atoms with Gasteiger partial charge in [-0.1, -0.05) is 31.9 Å². The third-order valence-corrected chi connectivity index (χ3v) is 2.23. The van der Waals surface area contributed by atoms with Crippen LogP contribution in [-0.4, -0.2) is 14.8 Å². The molecule has 0 radical (unpaired) electrons. The molecule has 3 heteroatoms. The second-order valence-corrected chi connectivity index (χ2v) is 3.39. The summed E-state index contributed by atoms with van der Waals surface area (Å²) in [6.07, 6.45) is 7.17. The Kier molecular flexibility index (Phi) is 3.63. The van der Waals surface area contributed by atoms with Crippen LogP contribution in [0.5, 0.6) is 11.8 Å². The lowest BCUT2D eigenvalue weighted by Crippen LogP contribution is -1.84. The van der Waals surface area contributed by atoms with Crippen molar-refractivity contribution in [3.63, 3.8) is 0 Å². The van der Waals surface area contributed by atoms with Crippen LogP contribution >= 0.6 is 0 Å². The summed E-state index contributed by atoms with van der Waals surface area (Å²) in [5.41, 5.74) is 0.668. The van der Waals surface area contributed by atoms with E-state index in [4.69, 9.17) is 0 Å². The van der Waals surface area contributed by atoms with Gasteiger partial charge in [-0.05, 0) is 6.42 Å². The standard InChI is InChI=1S/C11H17NO2/c1-3-4-5-6-7-9-8-10(13)12(2)11(9)14/h6-8,13-14H,3-5H2,1-2H3. The second kappa shape index (κ2) is 4.74. The van der Waals surface area contributed by atoms with Gasteiger partial charge in [0.05, 0.1) is 0 Å². The van der Waals surface area contributed by atoms with Crippen molar-refractivity contribution in [2.45, 2.75) is 26.2 Å². The zero-order chi connectivity index (χ0) is 10.6. The van der Waals surface area contributed by atoms with Crippen LogP contribution in [0.15, 0.2) is 12.1 Å². The van der Waals surface area contributed by atoms with Crippen molar-refractivity contribution < 1.29 is 10.2 Å². The first-order valence-electron chi connectivity index (χ1n) is 4.91. The van der Waals surface area contributed by atoms with Gasteiger partial charge in [-0.15, -0.1) is 0 Å². The Morgan fingerprint density at radius 1 is 1.43 bits per heavy atom. The molecule has 78 valence electrons. The number of aromatic nitrogens is 1. The number of allylic oxidation sites excluding steroid dienone is 1. The number of hydrogen-bond acceptors (Lipinski definition) is 2. The van der Waals surface area contributed by atoms with Gasteiger partial charge in [0.25, 0.3) is 0 Å². The minimum absolute atomic E-state index is 0.0811. The lowest BCUT2D eigenvalue weighted by atomic mass is 10.2. The molecule has 0 saturated heterocycles. The van der Waals surface area contributed by atoms with E-state index in [0.717, 1.165) is 19.3 Å². The SMILES string of the molecule is CCCCC=Cc1cc(O)n(C)c1O. The van der Waals surface area contributed by atoms with E-state index < -0.39 is 0 Å². The van der Waals surface area contributed by atoms with Crippen LogP contribution in [-0.2, 0) is 7.05 Å². The minimum Gasteiger partial charge on any atom is -0.494 e. The summed E-state index contributed by atoms with van der Waals surface area (Å²) < 4.78 is 1.35. The lowest BCUT2D eigenvalue weighted by Gasteiger charge is -1.95. The van der Waals surface area contributed by atoms with Crippen molar-refractivity contribution in [2.24, 2.45) is 7.05 Å². The Hall–Kier alpha value is -1.38. The Labute approximate surface area is 84.3 Å². The average molecular weight is 195 g/mol. The van der Waals surface area contributed by atoms with E-state index in [-0.39, 0.29) is 11.8 Å². The molecule has 0 aliphatic carbocycles. The molecule has 0 aliphatic rings.